The second-order valence-electron chi connectivity index (χ2n) is 9.56. The van der Waals surface area contributed by atoms with Gasteiger partial charge >= 0.3 is 0 Å². The zero-order valence-corrected chi connectivity index (χ0v) is 23.2. The third kappa shape index (κ3) is 4.58. The van der Waals surface area contributed by atoms with E-state index in [-0.39, 0.29) is 0 Å². The standard InChI is InChI=1S/C33H33N2S2/c1-3-34-28-23-22-24-14-11-12-19-27(24)33(28)37-29(34)20-13-21-30-35(4-2)31(25-15-7-5-8-16-25)32(36-30)26-17-9-6-10-18-26/h5-10,13,15-18,20-23H,3-4,11-12,14,19H2,1-2H3/q+1. The molecule has 4 heteroatoms. The lowest BCUT2D eigenvalue weighted by Gasteiger charge is -2.21. The number of nitrogens with zero attached hydrogens (tertiary/aromatic N) is 2. The Morgan fingerprint density at radius 3 is 2.32 bits per heavy atom. The fraction of sp³-hybridized carbons (Fsp3) is 0.242. The molecule has 3 aromatic carbocycles. The Hall–Kier alpha value is -3.08. The van der Waals surface area contributed by atoms with Crippen molar-refractivity contribution in [3.05, 3.63) is 106 Å². The average Bonchev–Trinajstić information content (AvgIpc) is 3.52. The molecule has 6 rings (SSSR count). The second-order valence-corrected chi connectivity index (χ2v) is 11.6. The number of anilines is 1. The van der Waals surface area contributed by atoms with Gasteiger partial charge in [0.05, 0.1) is 10.7 Å². The summed E-state index contributed by atoms with van der Waals surface area (Å²) in [6, 6.07) is 26.3. The number of aryl methyl sites for hydroxylation is 1. The van der Waals surface area contributed by atoms with Gasteiger partial charge in [-0.25, -0.2) is 0 Å². The molecule has 2 aliphatic rings. The highest BCUT2D eigenvalue weighted by Crippen LogP contribution is 2.49. The van der Waals surface area contributed by atoms with Crippen LogP contribution >= 0.6 is 23.1 Å². The van der Waals surface area contributed by atoms with E-state index in [4.69, 9.17) is 0 Å². The van der Waals surface area contributed by atoms with Crippen molar-refractivity contribution in [1.29, 1.82) is 0 Å². The van der Waals surface area contributed by atoms with Crippen LogP contribution in [0.4, 0.5) is 5.69 Å². The van der Waals surface area contributed by atoms with E-state index in [1.807, 2.05) is 23.1 Å². The van der Waals surface area contributed by atoms with Gasteiger partial charge in [0.15, 0.2) is 0 Å². The van der Waals surface area contributed by atoms with E-state index in [2.05, 4.69) is 114 Å². The summed E-state index contributed by atoms with van der Waals surface area (Å²) < 4.78 is 2.46. The van der Waals surface area contributed by atoms with Crippen LogP contribution in [0, 0.1) is 0 Å². The summed E-state index contributed by atoms with van der Waals surface area (Å²) in [7, 11) is 0. The number of benzene rings is 3. The van der Waals surface area contributed by atoms with Crippen LogP contribution in [-0.4, -0.2) is 6.54 Å². The molecule has 2 nitrogen and oxygen atoms in total. The van der Waals surface area contributed by atoms with Gasteiger partial charge in [-0.3, -0.25) is 0 Å². The van der Waals surface area contributed by atoms with Crippen molar-refractivity contribution >= 4 is 34.9 Å². The SMILES string of the molecule is CCN1/C(=C/C=C/c2sc(-c3ccccc3)c(-c3ccccc3)[n+]2CC)Sc2c1ccc1c2CCCC1. The summed E-state index contributed by atoms with van der Waals surface area (Å²) in [4.78, 5) is 5.30. The van der Waals surface area contributed by atoms with Crippen molar-refractivity contribution in [1.82, 2.24) is 0 Å². The van der Waals surface area contributed by atoms with E-state index in [0.717, 1.165) is 13.1 Å². The molecule has 0 atom stereocenters. The van der Waals surface area contributed by atoms with Gasteiger partial charge in [0, 0.05) is 23.1 Å². The summed E-state index contributed by atoms with van der Waals surface area (Å²) in [5.41, 5.74) is 8.40. The highest BCUT2D eigenvalue weighted by molar-refractivity contribution is 8.03. The molecule has 0 spiro atoms. The van der Waals surface area contributed by atoms with Gasteiger partial charge in [0.25, 0.3) is 5.01 Å². The van der Waals surface area contributed by atoms with E-state index < -0.39 is 0 Å². The molecule has 2 heterocycles. The number of hydrogen-bond donors (Lipinski definition) is 0. The summed E-state index contributed by atoms with van der Waals surface area (Å²) in [5.74, 6) is 0. The zero-order valence-electron chi connectivity index (χ0n) is 21.6. The molecule has 1 aromatic heterocycles. The molecule has 0 bridgehead atoms. The van der Waals surface area contributed by atoms with Crippen LogP contribution in [0.3, 0.4) is 0 Å². The molecule has 0 unspecified atom stereocenters. The summed E-state index contributed by atoms with van der Waals surface area (Å²) in [6.07, 6.45) is 12.0. The molecular weight excluding hydrogens is 489 g/mol. The van der Waals surface area contributed by atoms with Gasteiger partial charge in [-0.1, -0.05) is 83.8 Å². The first-order valence-corrected chi connectivity index (χ1v) is 15.1. The largest absolute Gasteiger partial charge is 0.335 e. The maximum absolute atomic E-state index is 2.48. The molecule has 1 aliphatic carbocycles. The van der Waals surface area contributed by atoms with Crippen LogP contribution < -0.4 is 9.47 Å². The molecule has 0 saturated heterocycles. The minimum Gasteiger partial charge on any atom is -0.335 e. The lowest BCUT2D eigenvalue weighted by atomic mass is 9.91. The van der Waals surface area contributed by atoms with Gasteiger partial charge in [0.2, 0.25) is 5.69 Å². The summed E-state index contributed by atoms with van der Waals surface area (Å²) in [6.45, 7) is 6.42. The summed E-state index contributed by atoms with van der Waals surface area (Å²) in [5, 5.41) is 2.61. The molecule has 0 saturated carbocycles. The van der Waals surface area contributed by atoms with Crippen molar-refractivity contribution in [3.63, 3.8) is 0 Å². The highest BCUT2D eigenvalue weighted by atomic mass is 32.2. The maximum atomic E-state index is 2.48. The fourth-order valence-electron chi connectivity index (χ4n) is 5.60. The number of rotatable bonds is 6. The Labute approximate surface area is 229 Å². The van der Waals surface area contributed by atoms with E-state index in [9.17, 15) is 0 Å². The highest BCUT2D eigenvalue weighted by Gasteiger charge is 2.29. The van der Waals surface area contributed by atoms with Crippen molar-refractivity contribution < 1.29 is 4.57 Å². The third-order valence-electron chi connectivity index (χ3n) is 7.37. The number of hydrogen-bond acceptors (Lipinski definition) is 3. The number of fused-ring (bicyclic) bond motifs is 3. The molecule has 4 aromatic rings. The molecular formula is C33H33N2S2+. The van der Waals surface area contributed by atoms with Gasteiger partial charge in [-0.15, -0.1) is 0 Å². The molecule has 0 radical (unpaired) electrons. The molecule has 37 heavy (non-hydrogen) atoms. The minimum absolute atomic E-state index is 0.928. The Morgan fingerprint density at radius 1 is 0.865 bits per heavy atom. The number of thiazole rings is 1. The Morgan fingerprint density at radius 2 is 1.59 bits per heavy atom. The smallest absolute Gasteiger partial charge is 0.262 e. The Bertz CT molecular complexity index is 1470. The zero-order chi connectivity index (χ0) is 25.2. The van der Waals surface area contributed by atoms with E-state index in [0.29, 0.717) is 0 Å². The maximum Gasteiger partial charge on any atom is 0.262 e. The third-order valence-corrected chi connectivity index (χ3v) is 9.80. The van der Waals surface area contributed by atoms with Gasteiger partial charge < -0.3 is 4.90 Å². The van der Waals surface area contributed by atoms with Crippen LogP contribution in [-0.2, 0) is 19.4 Å². The topological polar surface area (TPSA) is 7.12 Å². The predicted molar refractivity (Wildman–Crippen MR) is 160 cm³/mol. The first-order chi connectivity index (χ1) is 18.3. The Balaban J connectivity index is 1.37. The van der Waals surface area contributed by atoms with Gasteiger partial charge in [-0.2, -0.15) is 4.57 Å². The predicted octanol–water partition coefficient (Wildman–Crippen LogP) is 8.76. The van der Waals surface area contributed by atoms with Crippen LogP contribution in [0.25, 0.3) is 27.8 Å². The molecule has 1 aliphatic heterocycles. The number of aromatic nitrogens is 1. The molecule has 0 N–H and O–H groups in total. The average molecular weight is 522 g/mol. The second kappa shape index (κ2) is 10.7. The minimum atomic E-state index is 0.928. The first kappa shape index (κ1) is 24.3. The van der Waals surface area contributed by atoms with Crippen LogP contribution in [0.5, 0.6) is 0 Å². The van der Waals surface area contributed by atoms with E-state index >= 15 is 0 Å². The molecule has 0 fully saturated rings. The fourth-order valence-corrected chi connectivity index (χ4v) is 8.19. The lowest BCUT2D eigenvalue weighted by Crippen LogP contribution is -2.35. The van der Waals surface area contributed by atoms with Crippen LogP contribution in [0.2, 0.25) is 0 Å². The van der Waals surface area contributed by atoms with E-state index in [1.165, 1.54) is 68.0 Å². The molecule has 0 amide bonds. The number of allylic oxidation sites excluding steroid dienone is 2. The monoisotopic (exact) mass is 521 g/mol. The Kier molecular flexibility index (Phi) is 7.04. The normalized spacial score (nSPS) is 15.9. The first-order valence-electron chi connectivity index (χ1n) is 13.4. The van der Waals surface area contributed by atoms with Crippen molar-refractivity contribution in [2.75, 3.05) is 11.4 Å². The van der Waals surface area contributed by atoms with Crippen molar-refractivity contribution in [3.8, 4) is 21.7 Å². The van der Waals surface area contributed by atoms with Gasteiger partial charge in [0.1, 0.15) is 11.4 Å². The number of thioether (sulfide) groups is 1. The van der Waals surface area contributed by atoms with E-state index in [1.54, 1.807) is 11.1 Å². The van der Waals surface area contributed by atoms with Crippen molar-refractivity contribution in [2.45, 2.75) is 51.0 Å². The van der Waals surface area contributed by atoms with Gasteiger partial charge in [-0.05, 0) is 80.5 Å². The van der Waals surface area contributed by atoms with Crippen LogP contribution in [0.15, 0.2) is 94.9 Å². The van der Waals surface area contributed by atoms with Crippen LogP contribution in [0.1, 0.15) is 42.8 Å². The van der Waals surface area contributed by atoms with Crippen molar-refractivity contribution in [2.24, 2.45) is 0 Å². The summed E-state index contributed by atoms with van der Waals surface area (Å²) >= 11 is 3.84. The lowest BCUT2D eigenvalue weighted by molar-refractivity contribution is -0.679. The molecule has 186 valence electrons. The quantitative estimate of drug-likeness (QED) is 0.234.